The number of carbonyl (C=O) groups is 1. The number of fused-ring (bicyclic) bond motifs is 1. The smallest absolute Gasteiger partial charge is 0.276 e. The van der Waals surface area contributed by atoms with Crippen LogP contribution in [0.4, 0.5) is 4.39 Å². The van der Waals surface area contributed by atoms with Crippen molar-refractivity contribution in [1.29, 1.82) is 0 Å². The molecule has 2 aromatic heterocycles. The first-order chi connectivity index (χ1) is 16.3. The maximum absolute atomic E-state index is 14.2. The maximum Gasteiger partial charge on any atom is 0.276 e. The monoisotopic (exact) mass is 460 g/mol. The third-order valence-corrected chi connectivity index (χ3v) is 6.30. The van der Waals surface area contributed by atoms with Crippen molar-refractivity contribution in [1.82, 2.24) is 19.7 Å². The molecular weight excluding hydrogens is 431 g/mol. The molecule has 0 spiro atoms. The maximum atomic E-state index is 14.2. The van der Waals surface area contributed by atoms with E-state index in [1.54, 1.807) is 24.4 Å². The molecule has 1 atom stereocenters. The minimum Gasteiger partial charge on any atom is -0.352 e. The van der Waals surface area contributed by atoms with Gasteiger partial charge in [0.15, 0.2) is 0 Å². The Kier molecular flexibility index (Phi) is 6.91. The molecule has 2 aromatic carbocycles. The lowest BCUT2D eigenvalue weighted by atomic mass is 10.1. The van der Waals surface area contributed by atoms with E-state index in [-0.39, 0.29) is 29.9 Å². The molecular formula is C27H29FN4O2. The van der Waals surface area contributed by atoms with E-state index >= 15 is 0 Å². The largest absolute Gasteiger partial charge is 0.352 e. The van der Waals surface area contributed by atoms with Crippen LogP contribution in [0.25, 0.3) is 10.8 Å². The Morgan fingerprint density at radius 1 is 1.06 bits per heavy atom. The van der Waals surface area contributed by atoms with Gasteiger partial charge in [-0.3, -0.25) is 9.59 Å². The summed E-state index contributed by atoms with van der Waals surface area (Å²) >= 11 is 0. The minimum absolute atomic E-state index is 0.0297. The van der Waals surface area contributed by atoms with Crippen LogP contribution in [0.1, 0.15) is 35.9 Å². The van der Waals surface area contributed by atoms with Gasteiger partial charge >= 0.3 is 0 Å². The summed E-state index contributed by atoms with van der Waals surface area (Å²) in [6, 6.07) is 16.7. The molecule has 0 aliphatic heterocycles. The van der Waals surface area contributed by atoms with Crippen molar-refractivity contribution in [2.75, 3.05) is 0 Å². The summed E-state index contributed by atoms with van der Waals surface area (Å²) in [5, 5.41) is 8.42. The van der Waals surface area contributed by atoms with E-state index in [0.29, 0.717) is 22.9 Å². The molecule has 4 aromatic rings. The summed E-state index contributed by atoms with van der Waals surface area (Å²) in [5.41, 5.74) is 3.02. The normalized spacial score (nSPS) is 12.1. The summed E-state index contributed by atoms with van der Waals surface area (Å²) in [4.78, 5) is 25.8. The van der Waals surface area contributed by atoms with Gasteiger partial charge in [0.25, 0.3) is 5.56 Å². The molecule has 0 bridgehead atoms. The molecule has 34 heavy (non-hydrogen) atoms. The van der Waals surface area contributed by atoms with E-state index < -0.39 is 0 Å². The van der Waals surface area contributed by atoms with Gasteiger partial charge in [0, 0.05) is 28.4 Å². The van der Waals surface area contributed by atoms with Gasteiger partial charge in [-0.15, -0.1) is 0 Å². The van der Waals surface area contributed by atoms with Crippen molar-refractivity contribution in [2.45, 2.75) is 52.7 Å². The summed E-state index contributed by atoms with van der Waals surface area (Å²) in [6.07, 6.45) is 3.28. The van der Waals surface area contributed by atoms with Crippen LogP contribution in [-0.2, 0) is 24.3 Å². The summed E-state index contributed by atoms with van der Waals surface area (Å²) < 4.78 is 17.3. The lowest BCUT2D eigenvalue weighted by molar-refractivity contribution is -0.122. The van der Waals surface area contributed by atoms with Crippen molar-refractivity contribution in [2.24, 2.45) is 0 Å². The van der Waals surface area contributed by atoms with Crippen LogP contribution in [0, 0.1) is 19.7 Å². The molecule has 7 heteroatoms. The van der Waals surface area contributed by atoms with Gasteiger partial charge < -0.3 is 9.88 Å². The number of carbonyl (C=O) groups excluding carboxylic acids is 1. The molecule has 0 aliphatic rings. The highest BCUT2D eigenvalue weighted by Crippen LogP contribution is 2.23. The Morgan fingerprint density at radius 2 is 1.76 bits per heavy atom. The first-order valence-corrected chi connectivity index (χ1v) is 11.5. The minimum atomic E-state index is -0.322. The molecule has 1 N–H and O–H groups in total. The van der Waals surface area contributed by atoms with Crippen LogP contribution < -0.4 is 10.9 Å². The highest BCUT2D eigenvalue weighted by atomic mass is 19.1. The lowest BCUT2D eigenvalue weighted by Crippen LogP contribution is -2.38. The van der Waals surface area contributed by atoms with E-state index in [4.69, 9.17) is 0 Å². The molecule has 0 radical (unpaired) electrons. The number of hydrogen-bond acceptors (Lipinski definition) is 3. The summed E-state index contributed by atoms with van der Waals surface area (Å²) in [5.74, 6) is -0.540. The predicted molar refractivity (Wildman–Crippen MR) is 131 cm³/mol. The molecule has 6 nitrogen and oxygen atoms in total. The number of benzene rings is 2. The Morgan fingerprint density at radius 3 is 2.50 bits per heavy atom. The van der Waals surface area contributed by atoms with Gasteiger partial charge in [-0.1, -0.05) is 48.5 Å². The van der Waals surface area contributed by atoms with E-state index in [2.05, 4.69) is 22.5 Å². The number of halogens is 1. The second-order valence-corrected chi connectivity index (χ2v) is 8.74. The van der Waals surface area contributed by atoms with E-state index in [1.807, 2.05) is 43.5 Å². The average Bonchev–Trinajstić information content (AvgIpc) is 3.06. The number of nitrogens with one attached hydrogen (secondary N) is 1. The third kappa shape index (κ3) is 4.93. The molecule has 0 aliphatic carbocycles. The Bertz CT molecular complexity index is 1370. The Hall–Kier alpha value is -3.74. The Labute approximate surface area is 198 Å². The molecule has 2 heterocycles. The molecule has 0 fully saturated rings. The number of rotatable bonds is 8. The molecule has 0 unspecified atom stereocenters. The fraction of sp³-hybridized carbons (Fsp3) is 0.296. The number of hydrogen-bond donors (Lipinski definition) is 1. The number of aryl methyl sites for hydroxylation is 3. The zero-order valence-corrected chi connectivity index (χ0v) is 19.7. The average molecular weight is 461 g/mol. The quantitative estimate of drug-likeness (QED) is 0.430. The summed E-state index contributed by atoms with van der Waals surface area (Å²) in [7, 11) is 0. The highest BCUT2D eigenvalue weighted by molar-refractivity contribution is 5.87. The van der Waals surface area contributed by atoms with Gasteiger partial charge in [0.2, 0.25) is 5.91 Å². The Balaban J connectivity index is 1.49. The van der Waals surface area contributed by atoms with E-state index in [0.717, 1.165) is 24.2 Å². The fourth-order valence-corrected chi connectivity index (χ4v) is 4.35. The molecule has 1 amide bonds. The second-order valence-electron chi connectivity index (χ2n) is 8.74. The lowest BCUT2D eigenvalue weighted by Gasteiger charge is -2.14. The van der Waals surface area contributed by atoms with Crippen LogP contribution in [0.2, 0.25) is 0 Å². The fourth-order valence-electron chi connectivity index (χ4n) is 4.35. The number of nitrogens with zero attached hydrogens (tertiary/aromatic N) is 3. The van der Waals surface area contributed by atoms with Crippen molar-refractivity contribution in [3.63, 3.8) is 0 Å². The molecule has 4 rings (SSSR count). The third-order valence-electron chi connectivity index (χ3n) is 6.30. The predicted octanol–water partition coefficient (Wildman–Crippen LogP) is 4.14. The summed E-state index contributed by atoms with van der Waals surface area (Å²) in [6.45, 7) is 5.85. The standard InChI is InChI=1S/C27H29FN4O2/c1-18(13-14-21-9-5-4-6-10-21)30-25(33)17-32-27(34)26-20(3)31(19(2)23(26)15-29-32)16-22-11-7-8-12-24(22)28/h4-12,15,18H,13-14,16-17H2,1-3H3,(H,30,33)/t18-/m0/s1. The number of amides is 1. The van der Waals surface area contributed by atoms with Crippen molar-refractivity contribution >= 4 is 16.7 Å². The molecule has 176 valence electrons. The SMILES string of the molecule is Cc1c2cnn(CC(=O)N[C@@H](C)CCc3ccccc3)c(=O)c2c(C)n1Cc1ccccc1F. The van der Waals surface area contributed by atoms with Crippen LogP contribution in [0.3, 0.4) is 0 Å². The molecule has 0 saturated heterocycles. The first kappa shape index (κ1) is 23.4. The van der Waals surface area contributed by atoms with Crippen molar-refractivity contribution < 1.29 is 9.18 Å². The number of aromatic nitrogens is 3. The van der Waals surface area contributed by atoms with Crippen molar-refractivity contribution in [3.05, 3.63) is 99.5 Å². The topological polar surface area (TPSA) is 68.9 Å². The van der Waals surface area contributed by atoms with Crippen LogP contribution >= 0.6 is 0 Å². The zero-order chi connectivity index (χ0) is 24.2. The molecule has 0 saturated carbocycles. The van der Waals surface area contributed by atoms with Gasteiger partial charge in [-0.25, -0.2) is 9.07 Å². The van der Waals surface area contributed by atoms with Crippen LogP contribution in [0.15, 0.2) is 65.6 Å². The van der Waals surface area contributed by atoms with Gasteiger partial charge in [-0.2, -0.15) is 5.10 Å². The zero-order valence-electron chi connectivity index (χ0n) is 19.7. The van der Waals surface area contributed by atoms with Crippen LogP contribution in [-0.4, -0.2) is 26.3 Å². The highest BCUT2D eigenvalue weighted by Gasteiger charge is 2.18. The van der Waals surface area contributed by atoms with Gasteiger partial charge in [-0.05, 0) is 45.2 Å². The first-order valence-electron chi connectivity index (χ1n) is 11.5. The van der Waals surface area contributed by atoms with Gasteiger partial charge in [0.05, 0.1) is 18.1 Å². The van der Waals surface area contributed by atoms with Gasteiger partial charge in [0.1, 0.15) is 12.4 Å². The van der Waals surface area contributed by atoms with Crippen molar-refractivity contribution in [3.8, 4) is 0 Å². The van der Waals surface area contributed by atoms with Crippen LogP contribution in [0.5, 0.6) is 0 Å². The second kappa shape index (κ2) is 10.0. The van der Waals surface area contributed by atoms with E-state index in [1.165, 1.54) is 16.3 Å². The van der Waals surface area contributed by atoms with E-state index in [9.17, 15) is 14.0 Å².